The van der Waals surface area contributed by atoms with Gasteiger partial charge in [-0.3, -0.25) is 0 Å². The SMILES string of the molecule is [CH2]C#N.[NaH]. The fourth-order valence-electron chi connectivity index (χ4n) is 0. The molecule has 0 atom stereocenters. The van der Waals surface area contributed by atoms with Crippen LogP contribution in [0, 0.1) is 18.3 Å². The van der Waals surface area contributed by atoms with Gasteiger partial charge in [-0.15, -0.1) is 0 Å². The molecular formula is C2H3NNa. The van der Waals surface area contributed by atoms with E-state index in [0.29, 0.717) is 0 Å². The van der Waals surface area contributed by atoms with Gasteiger partial charge in [0.2, 0.25) is 0 Å². The van der Waals surface area contributed by atoms with Gasteiger partial charge in [0.25, 0.3) is 0 Å². The zero-order valence-electron chi connectivity index (χ0n) is 1.65. The number of hydrogen-bond donors (Lipinski definition) is 0. The topological polar surface area (TPSA) is 23.8 Å². The van der Waals surface area contributed by atoms with Crippen LogP contribution < -0.4 is 0 Å². The Morgan fingerprint density at radius 1 is 1.75 bits per heavy atom. The van der Waals surface area contributed by atoms with Crippen LogP contribution >= 0.6 is 0 Å². The first-order valence-corrected chi connectivity index (χ1v) is 0.577. The molecule has 4 heavy (non-hydrogen) atoms. The van der Waals surface area contributed by atoms with Gasteiger partial charge in [0.15, 0.2) is 0 Å². The van der Waals surface area contributed by atoms with Crippen molar-refractivity contribution in [1.82, 2.24) is 0 Å². The van der Waals surface area contributed by atoms with Crippen molar-refractivity contribution >= 4 is 29.6 Å². The summed E-state index contributed by atoms with van der Waals surface area (Å²) >= 11 is 0. The van der Waals surface area contributed by atoms with Crippen molar-refractivity contribution in [3.63, 3.8) is 0 Å². The molecule has 1 nitrogen and oxygen atoms in total. The van der Waals surface area contributed by atoms with Gasteiger partial charge in [0.1, 0.15) is 0 Å². The molecule has 2 heteroatoms. The van der Waals surface area contributed by atoms with E-state index in [-0.39, 0.29) is 29.6 Å². The molecule has 0 amide bonds. The molecule has 0 unspecified atom stereocenters. The van der Waals surface area contributed by atoms with Crippen molar-refractivity contribution in [2.45, 2.75) is 0 Å². The Labute approximate surface area is 47.9 Å². The van der Waals surface area contributed by atoms with Crippen molar-refractivity contribution in [3.8, 4) is 6.07 Å². The van der Waals surface area contributed by atoms with E-state index in [1.165, 1.54) is 6.07 Å². The van der Waals surface area contributed by atoms with Crippen molar-refractivity contribution in [3.05, 3.63) is 6.92 Å². The Balaban J connectivity index is 0. The average molecular weight is 64.0 g/mol. The van der Waals surface area contributed by atoms with Gasteiger partial charge < -0.3 is 0 Å². The van der Waals surface area contributed by atoms with E-state index in [0.717, 1.165) is 0 Å². The molecule has 0 N–H and O–H groups in total. The molecule has 1 radical (unpaired) electrons. The predicted molar refractivity (Wildman–Crippen MR) is 18.1 cm³/mol. The Morgan fingerprint density at radius 3 is 1.75 bits per heavy atom. The predicted octanol–water partition coefficient (Wildman–Crippen LogP) is -0.304. The molecule has 0 bridgehead atoms. The second-order valence-corrected chi connectivity index (χ2v) is 0.158. The molecular weight excluding hydrogens is 61.0 g/mol. The normalized spacial score (nSPS) is 2.00. The monoisotopic (exact) mass is 64.0 g/mol. The van der Waals surface area contributed by atoms with Crippen molar-refractivity contribution in [1.29, 1.82) is 5.26 Å². The molecule has 0 saturated heterocycles. The average Bonchev–Trinajstić information content (AvgIpc) is 0.918. The molecule has 0 spiro atoms. The summed E-state index contributed by atoms with van der Waals surface area (Å²) in [6.45, 7) is 2.79. The van der Waals surface area contributed by atoms with Crippen LogP contribution in [0.4, 0.5) is 0 Å². The number of nitrogens with zero attached hydrogens (tertiary/aromatic N) is 1. The van der Waals surface area contributed by atoms with Crippen LogP contribution in [0.15, 0.2) is 0 Å². The molecule has 0 aliphatic heterocycles. The number of nitriles is 1. The van der Waals surface area contributed by atoms with Gasteiger partial charge >= 0.3 is 29.6 Å². The second kappa shape index (κ2) is 9.75. The van der Waals surface area contributed by atoms with Crippen molar-refractivity contribution < 1.29 is 0 Å². The number of hydrogen-bond acceptors (Lipinski definition) is 1. The van der Waals surface area contributed by atoms with Gasteiger partial charge in [0, 0.05) is 6.92 Å². The van der Waals surface area contributed by atoms with E-state index < -0.39 is 0 Å². The zero-order chi connectivity index (χ0) is 2.71. The second-order valence-electron chi connectivity index (χ2n) is 0.158. The minimum atomic E-state index is 0. The fourth-order valence-corrected chi connectivity index (χ4v) is 0. The number of rotatable bonds is 0. The molecule has 0 fully saturated rings. The molecule has 0 aliphatic rings. The van der Waals surface area contributed by atoms with Crippen molar-refractivity contribution in [2.24, 2.45) is 0 Å². The maximum atomic E-state index is 7.21. The van der Waals surface area contributed by atoms with E-state index >= 15 is 0 Å². The van der Waals surface area contributed by atoms with E-state index in [2.05, 4.69) is 6.92 Å². The third-order valence-electron chi connectivity index (χ3n) is 0. The maximum absolute atomic E-state index is 7.21. The van der Waals surface area contributed by atoms with Crippen LogP contribution in [0.1, 0.15) is 0 Å². The molecule has 0 aliphatic carbocycles. The van der Waals surface area contributed by atoms with E-state index in [1.807, 2.05) is 0 Å². The third-order valence-corrected chi connectivity index (χ3v) is 0. The molecule has 0 heterocycles. The first-order valence-electron chi connectivity index (χ1n) is 0.577. The van der Waals surface area contributed by atoms with Gasteiger partial charge in [-0.25, -0.2) is 0 Å². The Kier molecular flexibility index (Phi) is 21.5. The first kappa shape index (κ1) is 8.82. The van der Waals surface area contributed by atoms with Crippen LogP contribution in [0.3, 0.4) is 0 Å². The summed E-state index contributed by atoms with van der Waals surface area (Å²) in [4.78, 5) is 0. The van der Waals surface area contributed by atoms with Crippen LogP contribution in [-0.2, 0) is 0 Å². The molecule has 0 aromatic carbocycles. The van der Waals surface area contributed by atoms with E-state index in [1.54, 1.807) is 0 Å². The summed E-state index contributed by atoms with van der Waals surface area (Å²) < 4.78 is 0. The Bertz CT molecular complexity index is 27.5. The third kappa shape index (κ3) is 23.0. The fraction of sp³-hybridized carbons (Fsp3) is 0. The first-order chi connectivity index (χ1) is 1.41. The summed E-state index contributed by atoms with van der Waals surface area (Å²) in [5.41, 5.74) is 0. The molecule has 0 saturated carbocycles. The summed E-state index contributed by atoms with van der Waals surface area (Å²) in [5, 5.41) is 7.21. The zero-order valence-corrected chi connectivity index (χ0v) is 1.65. The van der Waals surface area contributed by atoms with Gasteiger partial charge in [-0.2, -0.15) is 5.26 Å². The Morgan fingerprint density at radius 2 is 1.75 bits per heavy atom. The van der Waals surface area contributed by atoms with E-state index in [9.17, 15) is 0 Å². The summed E-state index contributed by atoms with van der Waals surface area (Å²) in [6.07, 6.45) is 0. The van der Waals surface area contributed by atoms with Crippen LogP contribution in [-0.4, -0.2) is 29.6 Å². The molecule has 0 aromatic heterocycles. The van der Waals surface area contributed by atoms with Crippen LogP contribution in [0.25, 0.3) is 0 Å². The summed E-state index contributed by atoms with van der Waals surface area (Å²) in [6, 6.07) is 1.50. The van der Waals surface area contributed by atoms with Crippen LogP contribution in [0.5, 0.6) is 0 Å². The molecule has 0 rings (SSSR count). The standard InChI is InChI=1S/C2H2N.Na.H/c1-2-3;;/h1H2;;. The van der Waals surface area contributed by atoms with Crippen LogP contribution in [0.2, 0.25) is 0 Å². The minimum absolute atomic E-state index is 0. The van der Waals surface area contributed by atoms with Gasteiger partial charge in [0.05, 0.1) is 6.07 Å². The summed E-state index contributed by atoms with van der Waals surface area (Å²) in [5.74, 6) is 0. The summed E-state index contributed by atoms with van der Waals surface area (Å²) in [7, 11) is 0. The van der Waals surface area contributed by atoms with Gasteiger partial charge in [-0.1, -0.05) is 0 Å². The molecule has 17 valence electrons. The van der Waals surface area contributed by atoms with Gasteiger partial charge in [-0.05, 0) is 0 Å². The Hall–Kier alpha value is 0.490. The van der Waals surface area contributed by atoms with Crippen molar-refractivity contribution in [2.75, 3.05) is 0 Å². The quantitative estimate of drug-likeness (QED) is 0.354. The van der Waals surface area contributed by atoms with E-state index in [4.69, 9.17) is 5.26 Å². The molecule has 0 aromatic rings.